The number of hydrogen-bond donors (Lipinski definition) is 1. The van der Waals surface area contributed by atoms with Crippen LogP contribution in [0.4, 0.5) is 10.8 Å². The summed E-state index contributed by atoms with van der Waals surface area (Å²) >= 11 is 8.61. The van der Waals surface area contributed by atoms with Crippen LogP contribution in [-0.2, 0) is 9.59 Å². The number of amides is 2. The summed E-state index contributed by atoms with van der Waals surface area (Å²) in [5.41, 5.74) is 0.654. The first-order chi connectivity index (χ1) is 12.5. The van der Waals surface area contributed by atoms with E-state index in [4.69, 9.17) is 11.6 Å². The van der Waals surface area contributed by atoms with Crippen molar-refractivity contribution in [3.05, 3.63) is 29.3 Å². The fourth-order valence-electron chi connectivity index (χ4n) is 2.33. The predicted molar refractivity (Wildman–Crippen MR) is 106 cm³/mol. The number of benzene rings is 1. The molecule has 1 atom stereocenters. The van der Waals surface area contributed by atoms with Crippen LogP contribution in [0.2, 0.25) is 5.02 Å². The maximum Gasteiger partial charge on any atom is 0.237 e. The van der Waals surface area contributed by atoms with Crippen LogP contribution >= 0.6 is 34.7 Å². The second-order valence-corrected chi connectivity index (χ2v) is 8.94. The summed E-state index contributed by atoms with van der Waals surface area (Å²) in [4.78, 5) is 26.3. The van der Waals surface area contributed by atoms with Crippen molar-refractivity contribution in [2.24, 2.45) is 0 Å². The number of halogens is 1. The van der Waals surface area contributed by atoms with Crippen LogP contribution in [0, 0.1) is 0 Å². The molecule has 0 aliphatic heterocycles. The lowest BCUT2D eigenvalue weighted by Gasteiger charge is -2.17. The van der Waals surface area contributed by atoms with Gasteiger partial charge in [0.15, 0.2) is 4.34 Å². The summed E-state index contributed by atoms with van der Waals surface area (Å²) in [5, 5.41) is 12.0. The van der Waals surface area contributed by atoms with E-state index >= 15 is 0 Å². The van der Waals surface area contributed by atoms with Gasteiger partial charge in [0, 0.05) is 23.2 Å². The van der Waals surface area contributed by atoms with Crippen LogP contribution in [0.5, 0.6) is 0 Å². The van der Waals surface area contributed by atoms with Crippen LogP contribution in [0.3, 0.4) is 0 Å². The molecule has 0 radical (unpaired) electrons. The molecule has 1 aromatic carbocycles. The fourth-order valence-corrected chi connectivity index (χ4v) is 4.60. The van der Waals surface area contributed by atoms with Crippen molar-refractivity contribution in [2.75, 3.05) is 10.2 Å². The van der Waals surface area contributed by atoms with Gasteiger partial charge >= 0.3 is 0 Å². The highest BCUT2D eigenvalue weighted by atomic mass is 35.5. The van der Waals surface area contributed by atoms with Crippen LogP contribution in [-0.4, -0.2) is 33.3 Å². The lowest BCUT2D eigenvalue weighted by Crippen LogP contribution is -2.32. The number of nitrogens with one attached hydrogen (secondary N) is 1. The number of rotatable bonds is 7. The minimum Gasteiger partial charge on any atom is -0.325 e. The van der Waals surface area contributed by atoms with E-state index < -0.39 is 0 Å². The van der Waals surface area contributed by atoms with Crippen molar-refractivity contribution in [1.29, 1.82) is 0 Å². The zero-order chi connectivity index (χ0) is 18.7. The van der Waals surface area contributed by atoms with Crippen LogP contribution < -0.4 is 10.2 Å². The monoisotopic (exact) mass is 410 g/mol. The van der Waals surface area contributed by atoms with E-state index in [1.165, 1.54) is 23.1 Å². The van der Waals surface area contributed by atoms with Gasteiger partial charge in [0.05, 0.1) is 5.25 Å². The Bertz CT molecular complexity index is 810. The quantitative estimate of drug-likeness (QED) is 0.546. The normalized spacial score (nSPS) is 14.7. The highest BCUT2D eigenvalue weighted by Gasteiger charge is 2.35. The van der Waals surface area contributed by atoms with Crippen molar-refractivity contribution >= 4 is 57.3 Å². The zero-order valence-corrected chi connectivity index (χ0v) is 16.8. The van der Waals surface area contributed by atoms with Gasteiger partial charge in [-0.25, -0.2) is 0 Å². The number of carbonyl (C=O) groups is 2. The highest BCUT2D eigenvalue weighted by molar-refractivity contribution is 8.02. The molecule has 138 valence electrons. The predicted octanol–water partition coefficient (Wildman–Crippen LogP) is 4.22. The van der Waals surface area contributed by atoms with Gasteiger partial charge in [0.2, 0.25) is 16.9 Å². The lowest BCUT2D eigenvalue weighted by atomic mass is 10.3. The molecule has 6 nitrogen and oxygen atoms in total. The Kier molecular flexibility index (Phi) is 6.16. The molecule has 2 aromatic rings. The molecule has 1 fully saturated rings. The van der Waals surface area contributed by atoms with Gasteiger partial charge in [-0.1, -0.05) is 47.7 Å². The summed E-state index contributed by atoms with van der Waals surface area (Å²) in [6, 6.07) is 7.26. The summed E-state index contributed by atoms with van der Waals surface area (Å²) < 4.78 is 0.670. The molecule has 1 saturated carbocycles. The van der Waals surface area contributed by atoms with Crippen molar-refractivity contribution in [1.82, 2.24) is 10.2 Å². The van der Waals surface area contributed by atoms with Crippen LogP contribution in [0.1, 0.15) is 33.1 Å². The van der Waals surface area contributed by atoms with E-state index in [2.05, 4.69) is 15.5 Å². The smallest absolute Gasteiger partial charge is 0.237 e. The average molecular weight is 411 g/mol. The molecule has 2 amide bonds. The van der Waals surface area contributed by atoms with E-state index in [1.807, 2.05) is 13.8 Å². The third kappa shape index (κ3) is 4.75. The molecule has 0 saturated heterocycles. The molecule has 1 aliphatic rings. The Morgan fingerprint density at radius 2 is 2.19 bits per heavy atom. The molecule has 1 aromatic heterocycles. The second-order valence-electron chi connectivity index (χ2n) is 5.96. The molecule has 26 heavy (non-hydrogen) atoms. The first-order valence-corrected chi connectivity index (χ1v) is 10.4. The molecule has 1 heterocycles. The summed E-state index contributed by atoms with van der Waals surface area (Å²) in [6.07, 6.45) is 2.45. The molecular weight excluding hydrogens is 392 g/mol. The van der Waals surface area contributed by atoms with Crippen LogP contribution in [0.25, 0.3) is 0 Å². The fraction of sp³-hybridized carbons (Fsp3) is 0.412. The number of thioether (sulfide) groups is 1. The summed E-state index contributed by atoms with van der Waals surface area (Å²) in [7, 11) is 0. The molecule has 0 bridgehead atoms. The number of hydrogen-bond acceptors (Lipinski definition) is 6. The average Bonchev–Trinajstić information content (AvgIpc) is 3.34. The van der Waals surface area contributed by atoms with Gasteiger partial charge < -0.3 is 5.32 Å². The third-order valence-electron chi connectivity index (χ3n) is 3.82. The van der Waals surface area contributed by atoms with Crippen molar-refractivity contribution < 1.29 is 9.59 Å². The first kappa shape index (κ1) is 19.1. The maximum atomic E-state index is 12.4. The molecule has 9 heteroatoms. The second kappa shape index (κ2) is 8.37. The minimum atomic E-state index is -0.356. The molecule has 1 N–H and O–H groups in total. The minimum absolute atomic E-state index is 0.0620. The summed E-state index contributed by atoms with van der Waals surface area (Å²) in [6.45, 7) is 3.65. The maximum absolute atomic E-state index is 12.4. The molecule has 1 aliphatic carbocycles. The SMILES string of the molecule is CCC(=O)N(c1nnc(S[C@H](C)C(=O)Nc2cccc(Cl)c2)s1)C1CC1. The largest absolute Gasteiger partial charge is 0.325 e. The van der Waals surface area contributed by atoms with Gasteiger partial charge in [0.1, 0.15) is 0 Å². The van der Waals surface area contributed by atoms with Gasteiger partial charge in [-0.05, 0) is 38.0 Å². The van der Waals surface area contributed by atoms with Gasteiger partial charge in [-0.3, -0.25) is 14.5 Å². The zero-order valence-electron chi connectivity index (χ0n) is 14.4. The standard InChI is InChI=1S/C17H19ClN4O2S2/c1-3-14(23)22(13-7-8-13)16-20-21-17(26-16)25-10(2)15(24)19-12-6-4-5-11(18)9-12/h4-6,9-10,13H,3,7-8H2,1-2H3,(H,19,24)/t10-/m1/s1. The highest BCUT2D eigenvalue weighted by Crippen LogP contribution is 2.37. The van der Waals surface area contributed by atoms with Crippen molar-refractivity contribution in [3.8, 4) is 0 Å². The van der Waals surface area contributed by atoms with E-state index in [0.717, 1.165) is 12.8 Å². The molecule has 0 spiro atoms. The number of anilines is 2. The number of aromatic nitrogens is 2. The number of carbonyl (C=O) groups excluding carboxylic acids is 2. The van der Waals surface area contributed by atoms with Crippen LogP contribution in [0.15, 0.2) is 28.6 Å². The Balaban J connectivity index is 1.62. The Morgan fingerprint density at radius 3 is 2.85 bits per heavy atom. The lowest BCUT2D eigenvalue weighted by molar-refractivity contribution is -0.118. The Morgan fingerprint density at radius 1 is 1.42 bits per heavy atom. The first-order valence-electron chi connectivity index (χ1n) is 8.36. The molecule has 0 unspecified atom stereocenters. The van der Waals surface area contributed by atoms with E-state index in [9.17, 15) is 9.59 Å². The number of nitrogens with zero attached hydrogens (tertiary/aromatic N) is 3. The van der Waals surface area contributed by atoms with Gasteiger partial charge in [-0.2, -0.15) is 0 Å². The van der Waals surface area contributed by atoms with Gasteiger partial charge in [0.25, 0.3) is 0 Å². The van der Waals surface area contributed by atoms with E-state index in [0.29, 0.717) is 26.6 Å². The van der Waals surface area contributed by atoms with E-state index in [1.54, 1.807) is 29.2 Å². The van der Waals surface area contributed by atoms with E-state index in [-0.39, 0.29) is 23.1 Å². The summed E-state index contributed by atoms with van der Waals surface area (Å²) in [5.74, 6) is -0.0790. The Hall–Kier alpha value is -1.64. The topological polar surface area (TPSA) is 75.2 Å². The Labute approximate surface area is 165 Å². The third-order valence-corrected chi connectivity index (χ3v) is 6.17. The van der Waals surface area contributed by atoms with Gasteiger partial charge in [-0.15, -0.1) is 10.2 Å². The molecular formula is C17H19ClN4O2S2. The molecule has 3 rings (SSSR count). The van der Waals surface area contributed by atoms with Crippen molar-refractivity contribution in [2.45, 2.75) is 48.7 Å². The van der Waals surface area contributed by atoms with Crippen molar-refractivity contribution in [3.63, 3.8) is 0 Å².